The average Bonchev–Trinajstić information content (AvgIpc) is 2.78. The van der Waals surface area contributed by atoms with Gasteiger partial charge in [-0.15, -0.1) is 0 Å². The molecule has 4 aromatic carbocycles. The van der Waals surface area contributed by atoms with Crippen molar-refractivity contribution in [3.63, 3.8) is 0 Å². The third-order valence-corrected chi connectivity index (χ3v) is 15.5. The molecule has 0 atom stereocenters. The summed E-state index contributed by atoms with van der Waals surface area (Å²) in [4.78, 5) is 0. The van der Waals surface area contributed by atoms with Gasteiger partial charge in [-0.3, -0.25) is 0 Å². The maximum atomic E-state index is 4.53. The van der Waals surface area contributed by atoms with Crippen molar-refractivity contribution in [1.82, 2.24) is 0 Å². The van der Waals surface area contributed by atoms with E-state index in [0.29, 0.717) is 0 Å². The van der Waals surface area contributed by atoms with Crippen molar-refractivity contribution in [1.29, 1.82) is 0 Å². The average molecular weight is 461 g/mol. The maximum absolute atomic E-state index is 4.53. The van der Waals surface area contributed by atoms with Gasteiger partial charge in [0, 0.05) is 0 Å². The van der Waals surface area contributed by atoms with Crippen molar-refractivity contribution in [2.45, 2.75) is 20.0 Å². The summed E-state index contributed by atoms with van der Waals surface area (Å²) < 4.78 is 0. The van der Waals surface area contributed by atoms with E-state index < -0.39 is 5.31 Å². The normalized spacial score (nSPS) is 12.9. The van der Waals surface area contributed by atoms with E-state index in [1.54, 1.807) is 0 Å². The summed E-state index contributed by atoms with van der Waals surface area (Å²) in [5.41, 5.74) is 4.04. The first kappa shape index (κ1) is 20.1. The van der Waals surface area contributed by atoms with Crippen LogP contribution in [0.2, 0.25) is 0 Å². The van der Waals surface area contributed by atoms with Crippen molar-refractivity contribution in [2.24, 2.45) is 0 Å². The molecule has 2 heteroatoms. The summed E-state index contributed by atoms with van der Waals surface area (Å²) in [6, 6.07) is 39.9. The summed E-state index contributed by atoms with van der Waals surface area (Å²) in [7, 11) is 0. The van der Waals surface area contributed by atoms with Crippen LogP contribution in [0.3, 0.4) is 0 Å². The molecule has 0 nitrogen and oxygen atoms in total. The van der Waals surface area contributed by atoms with Crippen LogP contribution in [-0.4, -0.2) is 0 Å². The van der Waals surface area contributed by atoms with Gasteiger partial charge < -0.3 is 0 Å². The molecule has 0 saturated carbocycles. The van der Waals surface area contributed by atoms with Gasteiger partial charge in [0.05, 0.1) is 0 Å². The zero-order valence-electron chi connectivity index (χ0n) is 16.9. The van der Waals surface area contributed by atoms with E-state index in [2.05, 4.69) is 139 Å². The fourth-order valence-electron chi connectivity index (χ4n) is 4.18. The van der Waals surface area contributed by atoms with Gasteiger partial charge in [0.1, 0.15) is 0 Å². The zero-order valence-corrected chi connectivity index (χ0v) is 19.4. The molecule has 4 rings (SSSR count). The Hall–Kier alpha value is -2.21. The van der Waals surface area contributed by atoms with Gasteiger partial charge in [-0.2, -0.15) is 0 Å². The Balaban J connectivity index is 2.08. The van der Waals surface area contributed by atoms with Crippen molar-refractivity contribution < 1.29 is 0 Å². The summed E-state index contributed by atoms with van der Waals surface area (Å²) in [5, 5.41) is 1.16. The Morgan fingerprint density at radius 3 is 1.34 bits per heavy atom. The molecule has 0 radical (unpaired) electrons. The first-order valence-electron chi connectivity index (χ1n) is 9.98. The SMILES string of the molecule is Cc1ccc(CP(Br)(c2ccccc2)(c2ccccc2)c2ccccc2)cc1C. The van der Waals surface area contributed by atoms with E-state index >= 15 is 0 Å². The molecule has 29 heavy (non-hydrogen) atoms. The van der Waals surface area contributed by atoms with Gasteiger partial charge in [0.2, 0.25) is 0 Å². The van der Waals surface area contributed by atoms with Crippen LogP contribution in [0.5, 0.6) is 0 Å². The third-order valence-electron chi connectivity index (χ3n) is 5.93. The van der Waals surface area contributed by atoms with Crippen LogP contribution in [0.15, 0.2) is 109 Å². The van der Waals surface area contributed by atoms with Gasteiger partial charge in [0.25, 0.3) is 0 Å². The van der Waals surface area contributed by atoms with Gasteiger partial charge in [-0.1, -0.05) is 0 Å². The molecule has 0 aliphatic rings. The second-order valence-electron chi connectivity index (χ2n) is 7.77. The molecule has 0 N–H and O–H groups in total. The minimum absolute atomic E-state index is 0.935. The number of rotatable bonds is 5. The van der Waals surface area contributed by atoms with E-state index in [1.807, 2.05) is 0 Å². The third kappa shape index (κ3) is 3.48. The van der Waals surface area contributed by atoms with Crippen molar-refractivity contribution in [2.75, 3.05) is 0 Å². The van der Waals surface area contributed by atoms with Crippen molar-refractivity contribution >= 4 is 36.7 Å². The molecule has 0 bridgehead atoms. The second-order valence-corrected chi connectivity index (χ2v) is 16.7. The second kappa shape index (κ2) is 7.90. The fraction of sp³-hybridized carbons (Fsp3) is 0.111. The number of hydrogen-bond acceptors (Lipinski definition) is 0. The van der Waals surface area contributed by atoms with Crippen molar-refractivity contribution in [3.8, 4) is 0 Å². The number of halogens is 1. The summed E-state index contributed by atoms with van der Waals surface area (Å²) >= 11 is 4.53. The monoisotopic (exact) mass is 460 g/mol. The van der Waals surface area contributed by atoms with E-state index in [-0.39, 0.29) is 0 Å². The first-order valence-corrected chi connectivity index (χ1v) is 14.4. The van der Waals surface area contributed by atoms with Crippen LogP contribution in [0, 0.1) is 13.8 Å². The summed E-state index contributed by atoms with van der Waals surface area (Å²) in [5.74, 6) is 0. The Labute approximate surface area is 182 Å². The Morgan fingerprint density at radius 1 is 0.552 bits per heavy atom. The van der Waals surface area contributed by atoms with Crippen LogP contribution in [0.4, 0.5) is 0 Å². The summed E-state index contributed by atoms with van der Waals surface area (Å²) in [6.07, 6.45) is 0.935. The molecule has 4 aromatic rings. The van der Waals surface area contributed by atoms with Crippen LogP contribution in [0.25, 0.3) is 0 Å². The number of benzene rings is 4. The molecule has 0 unspecified atom stereocenters. The van der Waals surface area contributed by atoms with Crippen LogP contribution >= 0.6 is 20.8 Å². The molecule has 146 valence electrons. The first-order chi connectivity index (χ1) is 14.0. The fourth-order valence-corrected chi connectivity index (χ4v) is 11.9. The molecular formula is C27H26BrP. The Morgan fingerprint density at radius 2 is 0.966 bits per heavy atom. The number of aryl methyl sites for hydroxylation is 2. The van der Waals surface area contributed by atoms with E-state index in [9.17, 15) is 0 Å². The molecule has 0 heterocycles. The van der Waals surface area contributed by atoms with Crippen LogP contribution < -0.4 is 15.9 Å². The van der Waals surface area contributed by atoms with E-state index in [0.717, 1.165) is 6.16 Å². The van der Waals surface area contributed by atoms with Gasteiger partial charge in [-0.25, -0.2) is 0 Å². The molecule has 0 fully saturated rings. The summed E-state index contributed by atoms with van der Waals surface area (Å²) in [6.45, 7) is 4.38. The van der Waals surface area contributed by atoms with Gasteiger partial charge >= 0.3 is 183 Å². The molecule has 0 spiro atoms. The Bertz CT molecular complexity index is 1010. The Kier molecular flexibility index (Phi) is 5.47. The topological polar surface area (TPSA) is 0 Å². The molecule has 0 aliphatic heterocycles. The van der Waals surface area contributed by atoms with E-state index in [1.165, 1.54) is 32.6 Å². The predicted molar refractivity (Wildman–Crippen MR) is 134 cm³/mol. The van der Waals surface area contributed by atoms with Crippen LogP contribution in [-0.2, 0) is 6.16 Å². The molecule has 0 saturated heterocycles. The number of hydrogen-bond donors (Lipinski definition) is 0. The standard InChI is InChI=1S/C27H26BrP/c1-22-18-19-24(20-23(22)2)21-29(28,25-12-6-3-7-13-25,26-14-8-4-9-15-26)27-16-10-5-11-17-27/h3-20H,21H2,1-2H3. The van der Waals surface area contributed by atoms with Crippen LogP contribution in [0.1, 0.15) is 16.7 Å². The molecule has 0 amide bonds. The molecular weight excluding hydrogens is 435 g/mol. The quantitative estimate of drug-likeness (QED) is 0.292. The van der Waals surface area contributed by atoms with Gasteiger partial charge in [0.15, 0.2) is 0 Å². The molecule has 0 aromatic heterocycles. The van der Waals surface area contributed by atoms with Crippen molar-refractivity contribution in [3.05, 3.63) is 126 Å². The molecule has 0 aliphatic carbocycles. The predicted octanol–water partition coefficient (Wildman–Crippen LogP) is 6.64. The van der Waals surface area contributed by atoms with E-state index in [4.69, 9.17) is 0 Å². The zero-order chi connectivity index (χ0) is 20.3. The van der Waals surface area contributed by atoms with Gasteiger partial charge in [-0.05, 0) is 0 Å². The minimum atomic E-state index is -2.91.